The predicted octanol–water partition coefficient (Wildman–Crippen LogP) is 3.72. The van der Waals surface area contributed by atoms with Crippen molar-refractivity contribution in [1.82, 2.24) is 9.88 Å². The molecule has 3 aromatic rings. The number of aromatic nitrogens is 1. The molecule has 42 heavy (non-hydrogen) atoms. The van der Waals surface area contributed by atoms with Crippen LogP contribution in [0, 0.1) is 0 Å². The van der Waals surface area contributed by atoms with Gasteiger partial charge in [-0.05, 0) is 48.0 Å². The molecule has 4 heterocycles. The van der Waals surface area contributed by atoms with Gasteiger partial charge in [-0.2, -0.15) is 0 Å². The molecule has 2 aromatic carbocycles. The number of aliphatic hydroxyl groups is 1. The molecule has 2 unspecified atom stereocenters. The van der Waals surface area contributed by atoms with E-state index in [1.54, 1.807) is 12.3 Å². The number of nitrogens with one attached hydrogen (secondary N) is 1. The molecule has 9 heteroatoms. The maximum atomic E-state index is 13.5. The van der Waals surface area contributed by atoms with Crippen LogP contribution in [0.5, 0.6) is 5.75 Å². The van der Waals surface area contributed by atoms with E-state index in [1.807, 2.05) is 90.0 Å². The fourth-order valence-electron chi connectivity index (χ4n) is 5.66. The lowest BCUT2D eigenvalue weighted by Crippen LogP contribution is -2.46. The van der Waals surface area contributed by atoms with Crippen molar-refractivity contribution < 1.29 is 19.4 Å². The minimum absolute atomic E-state index is 0.0311. The van der Waals surface area contributed by atoms with Gasteiger partial charge in [0.1, 0.15) is 24.2 Å². The van der Waals surface area contributed by atoms with Gasteiger partial charge in [0.15, 0.2) is 0 Å². The normalized spacial score (nSPS) is 19.4. The number of hydrogen-bond acceptors (Lipinski definition) is 8. The van der Waals surface area contributed by atoms with Crippen LogP contribution in [0.25, 0.3) is 0 Å². The second kappa shape index (κ2) is 12.3. The zero-order chi connectivity index (χ0) is 28.9. The van der Waals surface area contributed by atoms with Crippen LogP contribution < -0.4 is 19.9 Å². The number of fused-ring (bicyclic) bond motifs is 1. The third kappa shape index (κ3) is 5.77. The summed E-state index contributed by atoms with van der Waals surface area (Å²) >= 11 is 0. The predicted molar refractivity (Wildman–Crippen MR) is 162 cm³/mol. The molecule has 1 amide bonds. The number of piperazine rings is 1. The summed E-state index contributed by atoms with van der Waals surface area (Å²) in [6.45, 7) is 3.43. The summed E-state index contributed by atoms with van der Waals surface area (Å²) in [6.07, 6.45) is 11.4. The lowest BCUT2D eigenvalue weighted by atomic mass is 9.90. The van der Waals surface area contributed by atoms with Crippen LogP contribution in [-0.2, 0) is 9.59 Å². The van der Waals surface area contributed by atoms with Crippen LogP contribution in [0.1, 0.15) is 11.5 Å². The average molecular weight is 564 g/mol. The highest BCUT2D eigenvalue weighted by Crippen LogP contribution is 2.37. The van der Waals surface area contributed by atoms with Crippen LogP contribution in [-0.4, -0.2) is 72.1 Å². The van der Waals surface area contributed by atoms with Gasteiger partial charge in [-0.1, -0.05) is 42.5 Å². The van der Waals surface area contributed by atoms with E-state index in [0.29, 0.717) is 11.4 Å². The summed E-state index contributed by atoms with van der Waals surface area (Å²) < 4.78 is 5.52. The molecule has 0 radical (unpaired) electrons. The van der Waals surface area contributed by atoms with E-state index >= 15 is 0 Å². The summed E-state index contributed by atoms with van der Waals surface area (Å²) in [5, 5.41) is 11.8. The standard InChI is InChI=1S/C33H33N5O4/c39-20-21-42-28-13-14-34-30(23-28)37-18-16-36(17-19-37)26-11-9-25(10-12-26)35-33(41)32(40)31-29(24-6-2-1-3-7-24)22-27-8-4-5-15-38(27)31/h1-15,22-23,29,31,39H,16-21H2,(H,35,41). The topological polar surface area (TPSA) is 98.2 Å². The molecular weight excluding hydrogens is 530 g/mol. The zero-order valence-corrected chi connectivity index (χ0v) is 23.2. The largest absolute Gasteiger partial charge is 0.491 e. The second-order valence-electron chi connectivity index (χ2n) is 10.3. The first kappa shape index (κ1) is 27.3. The zero-order valence-electron chi connectivity index (χ0n) is 23.2. The number of nitrogens with zero attached hydrogens (tertiary/aromatic N) is 4. The van der Waals surface area contributed by atoms with E-state index < -0.39 is 17.7 Å². The Bertz CT molecular complexity index is 1510. The van der Waals surface area contributed by atoms with Crippen molar-refractivity contribution in [3.8, 4) is 5.75 Å². The summed E-state index contributed by atoms with van der Waals surface area (Å²) in [5.41, 5.74) is 3.54. The number of Topliss-reactive ketones (excluding diaryl/α,β-unsaturated/α-hetero) is 1. The molecule has 0 bridgehead atoms. The van der Waals surface area contributed by atoms with Gasteiger partial charge in [-0.15, -0.1) is 0 Å². The maximum Gasteiger partial charge on any atom is 0.294 e. The highest BCUT2D eigenvalue weighted by molar-refractivity contribution is 6.42. The molecule has 1 aromatic heterocycles. The van der Waals surface area contributed by atoms with Crippen molar-refractivity contribution in [2.45, 2.75) is 12.0 Å². The number of ketones is 1. The quantitative estimate of drug-likeness (QED) is 0.380. The Hall–Kier alpha value is -4.89. The first-order chi connectivity index (χ1) is 20.6. The van der Waals surface area contributed by atoms with Crippen LogP contribution in [0.3, 0.4) is 0 Å². The van der Waals surface area contributed by atoms with Crippen LogP contribution in [0.4, 0.5) is 17.2 Å². The van der Waals surface area contributed by atoms with Crippen LogP contribution >= 0.6 is 0 Å². The van der Waals surface area contributed by atoms with E-state index in [9.17, 15) is 9.59 Å². The van der Waals surface area contributed by atoms with Gasteiger partial charge in [0, 0.05) is 67.6 Å². The van der Waals surface area contributed by atoms with Crippen LogP contribution in [0.15, 0.2) is 109 Å². The summed E-state index contributed by atoms with van der Waals surface area (Å²) in [7, 11) is 0. The van der Waals surface area contributed by atoms with E-state index in [0.717, 1.165) is 48.9 Å². The number of amides is 1. The second-order valence-corrected chi connectivity index (χ2v) is 10.3. The first-order valence-electron chi connectivity index (χ1n) is 14.2. The lowest BCUT2D eigenvalue weighted by molar-refractivity contribution is -0.137. The molecule has 2 atom stereocenters. The Balaban J connectivity index is 1.07. The van der Waals surface area contributed by atoms with Gasteiger partial charge in [-0.3, -0.25) is 9.59 Å². The highest BCUT2D eigenvalue weighted by atomic mass is 16.5. The summed E-state index contributed by atoms with van der Waals surface area (Å²) in [4.78, 5) is 37.6. The Kier molecular flexibility index (Phi) is 8.00. The minimum atomic E-state index is -0.643. The SMILES string of the molecule is O=C(Nc1ccc(N2CCN(c3cc(OCCO)ccn3)CC2)cc1)C(=O)C1C(c2ccccc2)C=C2C=CC=CN21. The number of rotatable bonds is 9. The summed E-state index contributed by atoms with van der Waals surface area (Å²) in [5.74, 6) is 0.214. The smallest absolute Gasteiger partial charge is 0.294 e. The van der Waals surface area contributed by atoms with Crippen molar-refractivity contribution in [3.63, 3.8) is 0 Å². The molecule has 6 rings (SSSR count). The molecule has 0 spiro atoms. The van der Waals surface area contributed by atoms with Crippen molar-refractivity contribution in [2.75, 3.05) is 54.5 Å². The Morgan fingerprint density at radius 1 is 0.952 bits per heavy atom. The Morgan fingerprint density at radius 3 is 2.48 bits per heavy atom. The third-order valence-electron chi connectivity index (χ3n) is 7.76. The Labute approximate surface area is 245 Å². The van der Waals surface area contributed by atoms with Crippen molar-refractivity contribution >= 4 is 28.9 Å². The van der Waals surface area contributed by atoms with Gasteiger partial charge >= 0.3 is 0 Å². The van der Waals surface area contributed by atoms with Crippen molar-refractivity contribution in [1.29, 1.82) is 0 Å². The number of carbonyl (C=O) groups excluding carboxylic acids is 2. The third-order valence-corrected chi connectivity index (χ3v) is 7.76. The molecule has 1 saturated heterocycles. The number of benzene rings is 2. The number of hydrogen-bond donors (Lipinski definition) is 2. The molecule has 3 aliphatic heterocycles. The molecule has 1 fully saturated rings. The van der Waals surface area contributed by atoms with Crippen LogP contribution in [0.2, 0.25) is 0 Å². The van der Waals surface area contributed by atoms with Crippen molar-refractivity contribution in [3.05, 3.63) is 115 Å². The molecule has 214 valence electrons. The summed E-state index contributed by atoms with van der Waals surface area (Å²) in [6, 6.07) is 20.5. The van der Waals surface area contributed by atoms with E-state index in [-0.39, 0.29) is 19.1 Å². The molecule has 2 N–H and O–H groups in total. The highest BCUT2D eigenvalue weighted by Gasteiger charge is 2.41. The molecule has 3 aliphatic rings. The fraction of sp³-hybridized carbons (Fsp3) is 0.242. The fourth-order valence-corrected chi connectivity index (χ4v) is 5.66. The van der Waals surface area contributed by atoms with E-state index in [1.165, 1.54) is 0 Å². The van der Waals surface area contributed by atoms with Crippen molar-refractivity contribution in [2.24, 2.45) is 0 Å². The molecule has 9 nitrogen and oxygen atoms in total. The average Bonchev–Trinajstić information content (AvgIpc) is 3.44. The van der Waals surface area contributed by atoms with Gasteiger partial charge in [0.05, 0.1) is 6.61 Å². The molecular formula is C33H33N5O4. The van der Waals surface area contributed by atoms with Gasteiger partial charge in [-0.25, -0.2) is 4.98 Å². The van der Waals surface area contributed by atoms with Gasteiger partial charge in [0.2, 0.25) is 5.78 Å². The molecule has 0 aliphatic carbocycles. The number of anilines is 3. The minimum Gasteiger partial charge on any atom is -0.491 e. The number of ether oxygens (including phenoxy) is 1. The van der Waals surface area contributed by atoms with E-state index in [4.69, 9.17) is 9.84 Å². The first-order valence-corrected chi connectivity index (χ1v) is 14.2. The number of pyridine rings is 1. The monoisotopic (exact) mass is 563 g/mol. The Morgan fingerprint density at radius 2 is 1.71 bits per heavy atom. The van der Waals surface area contributed by atoms with E-state index in [2.05, 4.69) is 26.2 Å². The lowest BCUT2D eigenvalue weighted by Gasteiger charge is -2.36. The number of allylic oxidation sites excluding steroid dienone is 3. The van der Waals surface area contributed by atoms with Gasteiger partial charge < -0.3 is 29.9 Å². The number of aliphatic hydroxyl groups excluding tert-OH is 1. The van der Waals surface area contributed by atoms with Gasteiger partial charge in [0.25, 0.3) is 5.91 Å². The molecule has 0 saturated carbocycles. The number of carbonyl (C=O) groups is 2. The maximum absolute atomic E-state index is 13.5.